The number of hydrogen-bond acceptors (Lipinski definition) is 7. The predicted octanol–water partition coefficient (Wildman–Crippen LogP) is 7.84. The fourth-order valence-corrected chi connectivity index (χ4v) is 6.29. The highest BCUT2D eigenvalue weighted by Gasteiger charge is 2.33. The van der Waals surface area contributed by atoms with E-state index in [0.29, 0.717) is 54.4 Å². The molecule has 0 aliphatic carbocycles. The summed E-state index contributed by atoms with van der Waals surface area (Å²) in [5, 5.41) is 0.845. The lowest BCUT2D eigenvalue weighted by molar-refractivity contribution is 0.0544. The highest BCUT2D eigenvalue weighted by atomic mass is 16.6. The van der Waals surface area contributed by atoms with E-state index >= 15 is 0 Å². The molecule has 2 aliphatic rings. The maximum atomic E-state index is 14.5. The number of aromatic nitrogens is 1. The molecule has 0 N–H and O–H groups in total. The first kappa shape index (κ1) is 31.8. The number of nitrogens with zero attached hydrogens (tertiary/aromatic N) is 4. The van der Waals surface area contributed by atoms with E-state index in [2.05, 4.69) is 4.90 Å². The molecule has 2 amide bonds. The molecule has 0 bridgehead atoms. The Morgan fingerprint density at radius 1 is 0.776 bits per heavy atom. The van der Waals surface area contributed by atoms with Crippen LogP contribution in [0.15, 0.2) is 103 Å². The summed E-state index contributed by atoms with van der Waals surface area (Å²) < 4.78 is 19.3. The SMILES string of the molecule is CC(C)(C)OC(=O)n1cc(CN2C(=O)c3cccc(N4CCN(C(=O)OCc5ccccc5)CC4)c3Oc3ccccc32)c2ccccc21. The average molecular weight is 659 g/mol. The van der Waals surface area contributed by atoms with Gasteiger partial charge in [0.1, 0.15) is 12.2 Å². The van der Waals surface area contributed by atoms with Crippen LogP contribution < -0.4 is 14.5 Å². The van der Waals surface area contributed by atoms with Gasteiger partial charge in [0.05, 0.1) is 29.0 Å². The van der Waals surface area contributed by atoms with Crippen molar-refractivity contribution >= 4 is 40.4 Å². The van der Waals surface area contributed by atoms with E-state index in [1.54, 1.807) is 22.1 Å². The lowest BCUT2D eigenvalue weighted by Gasteiger charge is -2.36. The molecule has 0 saturated carbocycles. The van der Waals surface area contributed by atoms with E-state index in [9.17, 15) is 14.4 Å². The molecule has 3 heterocycles. The number of hydrogen-bond donors (Lipinski definition) is 0. The Kier molecular flexibility index (Phi) is 8.46. The van der Waals surface area contributed by atoms with Crippen molar-refractivity contribution in [3.05, 3.63) is 120 Å². The molecule has 10 heteroatoms. The molecule has 1 fully saturated rings. The first-order valence-electron chi connectivity index (χ1n) is 16.4. The zero-order chi connectivity index (χ0) is 34.1. The van der Waals surface area contributed by atoms with Crippen LogP contribution in [0.25, 0.3) is 10.9 Å². The molecule has 1 saturated heterocycles. The summed E-state index contributed by atoms with van der Waals surface area (Å²) >= 11 is 0. The van der Waals surface area contributed by atoms with Gasteiger partial charge in [-0.3, -0.25) is 9.36 Å². The number of anilines is 2. The summed E-state index contributed by atoms with van der Waals surface area (Å²) in [6.45, 7) is 7.94. The zero-order valence-electron chi connectivity index (χ0n) is 27.8. The molecule has 10 nitrogen and oxygen atoms in total. The molecule has 0 radical (unpaired) electrons. The smallest absolute Gasteiger partial charge is 0.419 e. The van der Waals surface area contributed by atoms with Crippen LogP contribution in [0.2, 0.25) is 0 Å². The number of fused-ring (bicyclic) bond motifs is 3. The Morgan fingerprint density at radius 3 is 2.24 bits per heavy atom. The Morgan fingerprint density at radius 2 is 1.47 bits per heavy atom. The van der Waals surface area contributed by atoms with E-state index in [0.717, 1.165) is 22.2 Å². The van der Waals surface area contributed by atoms with Gasteiger partial charge in [0.2, 0.25) is 0 Å². The van der Waals surface area contributed by atoms with Crippen LogP contribution in [0.5, 0.6) is 11.5 Å². The first-order valence-corrected chi connectivity index (χ1v) is 16.4. The molecule has 1 aromatic heterocycles. The molecule has 250 valence electrons. The zero-order valence-corrected chi connectivity index (χ0v) is 27.8. The van der Waals surface area contributed by atoms with Crippen molar-refractivity contribution in [2.45, 2.75) is 39.5 Å². The number of rotatable bonds is 5. The van der Waals surface area contributed by atoms with Gasteiger partial charge in [0, 0.05) is 37.8 Å². The maximum absolute atomic E-state index is 14.5. The Hall–Kier alpha value is -5.77. The Balaban J connectivity index is 1.15. The number of carbonyl (C=O) groups is 3. The second-order valence-electron chi connectivity index (χ2n) is 13.2. The van der Waals surface area contributed by atoms with Crippen molar-refractivity contribution in [3.63, 3.8) is 0 Å². The third-order valence-electron chi connectivity index (χ3n) is 8.63. The number of para-hydroxylation sites is 4. The number of piperazine rings is 1. The van der Waals surface area contributed by atoms with E-state index in [-0.39, 0.29) is 25.2 Å². The van der Waals surface area contributed by atoms with Gasteiger partial charge in [-0.2, -0.15) is 0 Å². The van der Waals surface area contributed by atoms with E-state index in [1.807, 2.05) is 112 Å². The minimum atomic E-state index is -0.667. The van der Waals surface area contributed by atoms with Gasteiger partial charge in [0.25, 0.3) is 5.91 Å². The lowest BCUT2D eigenvalue weighted by atomic mass is 10.1. The second-order valence-corrected chi connectivity index (χ2v) is 13.2. The summed E-state index contributed by atoms with van der Waals surface area (Å²) in [4.78, 5) is 46.1. The van der Waals surface area contributed by atoms with E-state index < -0.39 is 11.7 Å². The van der Waals surface area contributed by atoms with Gasteiger partial charge >= 0.3 is 12.2 Å². The molecular weight excluding hydrogens is 620 g/mol. The van der Waals surface area contributed by atoms with E-state index in [4.69, 9.17) is 14.2 Å². The predicted molar refractivity (Wildman–Crippen MR) is 187 cm³/mol. The molecule has 5 aromatic rings. The van der Waals surface area contributed by atoms with Crippen molar-refractivity contribution in [2.24, 2.45) is 0 Å². The van der Waals surface area contributed by atoms with Gasteiger partial charge in [-0.05, 0) is 62.2 Å². The first-order chi connectivity index (χ1) is 23.7. The summed E-state index contributed by atoms with van der Waals surface area (Å²) in [5.74, 6) is 0.791. The van der Waals surface area contributed by atoms with Crippen LogP contribution >= 0.6 is 0 Å². The monoisotopic (exact) mass is 658 g/mol. The summed E-state index contributed by atoms with van der Waals surface area (Å²) in [5.41, 5.74) is 3.58. The number of carbonyl (C=O) groups excluding carboxylic acids is 3. The van der Waals surface area contributed by atoms with Crippen LogP contribution in [0, 0.1) is 0 Å². The van der Waals surface area contributed by atoms with Crippen LogP contribution in [0.3, 0.4) is 0 Å². The minimum absolute atomic E-state index is 0.197. The molecule has 49 heavy (non-hydrogen) atoms. The van der Waals surface area contributed by atoms with Gasteiger partial charge in [-0.25, -0.2) is 9.59 Å². The van der Waals surface area contributed by atoms with Crippen molar-refractivity contribution in [2.75, 3.05) is 36.0 Å². The van der Waals surface area contributed by atoms with E-state index in [1.165, 1.54) is 4.57 Å². The highest BCUT2D eigenvalue weighted by molar-refractivity contribution is 6.11. The standard InChI is InChI=1S/C39H38N4O6/c1-39(2,3)49-38(46)43-25-28(29-14-7-8-16-31(29)43)24-42-32-17-9-10-19-34(32)48-35-30(36(42)44)15-11-18-33(35)40-20-22-41(23-21-40)37(45)47-26-27-12-5-4-6-13-27/h4-19,25H,20-24,26H2,1-3H3. The highest BCUT2D eigenvalue weighted by Crippen LogP contribution is 2.44. The van der Waals surface area contributed by atoms with Crippen molar-refractivity contribution in [3.8, 4) is 11.5 Å². The van der Waals surface area contributed by atoms with Crippen molar-refractivity contribution in [1.29, 1.82) is 0 Å². The van der Waals surface area contributed by atoms with Crippen LogP contribution in [-0.4, -0.2) is 59.3 Å². The largest absolute Gasteiger partial charge is 0.452 e. The quantitative estimate of drug-likeness (QED) is 0.190. The average Bonchev–Trinajstić information content (AvgIpc) is 3.42. The molecule has 0 unspecified atom stereocenters. The third-order valence-corrected chi connectivity index (χ3v) is 8.63. The number of benzene rings is 4. The molecule has 4 aromatic carbocycles. The summed E-state index contributed by atoms with van der Waals surface area (Å²) in [6, 6.07) is 30.3. The van der Waals surface area contributed by atoms with Crippen LogP contribution in [-0.2, 0) is 22.6 Å². The van der Waals surface area contributed by atoms with Crippen molar-refractivity contribution in [1.82, 2.24) is 9.47 Å². The molecule has 0 atom stereocenters. The van der Waals surface area contributed by atoms with Gasteiger partial charge < -0.3 is 28.9 Å². The molecule has 7 rings (SSSR count). The number of amides is 2. The lowest BCUT2D eigenvalue weighted by Crippen LogP contribution is -2.49. The van der Waals surface area contributed by atoms with Crippen LogP contribution in [0.1, 0.15) is 42.3 Å². The summed E-state index contributed by atoms with van der Waals surface area (Å²) in [7, 11) is 0. The normalized spacial score (nSPS) is 14.5. The van der Waals surface area contributed by atoms with Crippen LogP contribution in [0.4, 0.5) is 21.0 Å². The maximum Gasteiger partial charge on any atom is 0.419 e. The molecule has 2 aliphatic heterocycles. The minimum Gasteiger partial charge on any atom is -0.452 e. The third kappa shape index (κ3) is 6.54. The Bertz CT molecular complexity index is 2020. The van der Waals surface area contributed by atoms with Gasteiger partial charge in [-0.15, -0.1) is 0 Å². The number of ether oxygens (including phenoxy) is 3. The summed E-state index contributed by atoms with van der Waals surface area (Å²) in [6.07, 6.45) is 0.919. The second kappa shape index (κ2) is 13.0. The fraction of sp³-hybridized carbons (Fsp3) is 0.256. The topological polar surface area (TPSA) is 93.6 Å². The Labute approximate surface area is 285 Å². The molecular formula is C39H38N4O6. The van der Waals surface area contributed by atoms with Crippen molar-refractivity contribution < 1.29 is 28.6 Å². The van der Waals surface area contributed by atoms with Gasteiger partial charge in [-0.1, -0.05) is 66.7 Å². The van der Waals surface area contributed by atoms with Gasteiger partial charge in [0.15, 0.2) is 11.5 Å². The molecule has 0 spiro atoms. The fourth-order valence-electron chi connectivity index (χ4n) is 6.29.